The van der Waals surface area contributed by atoms with Crippen molar-refractivity contribution in [3.8, 4) is 0 Å². The molecule has 1 aliphatic heterocycles. The van der Waals surface area contributed by atoms with Crippen LogP contribution in [-0.2, 0) is 19.8 Å². The lowest BCUT2D eigenvalue weighted by Crippen LogP contribution is -2.54. The van der Waals surface area contributed by atoms with Gasteiger partial charge in [0, 0.05) is 18.2 Å². The number of rotatable bonds is 6. The average molecular weight is 573 g/mol. The van der Waals surface area contributed by atoms with E-state index in [1.54, 1.807) is 36.4 Å². The fraction of sp³-hybridized carbons (Fsp3) is 0.152. The zero-order valence-corrected chi connectivity index (χ0v) is 22.5. The number of carbonyl (C=O) groups excluding carboxylic acids is 3. The monoisotopic (exact) mass is 572 g/mol. The molecule has 1 heterocycles. The standard InChI is InChI=1S/C33H24N4O6/c38-29(19-10-2-1-3-11-19)30(39)35-34-18-33-22-14-6-4-12-20(22)26(21-13-5-7-15-23(21)33)27-28(33)32(41)36(31(27)40)24-16-8-9-17-25(24)37(42)43/h1-18,26-29,38H,(H,35,39)/b34-18-/t26?,27-,28-,29+,33?/m0/s1. The minimum atomic E-state index is -1.48. The van der Waals surface area contributed by atoms with Crippen molar-refractivity contribution in [3.05, 3.63) is 141 Å². The predicted octanol–water partition coefficient (Wildman–Crippen LogP) is 3.98. The first-order valence-electron chi connectivity index (χ1n) is 13.7. The van der Waals surface area contributed by atoms with E-state index in [2.05, 4.69) is 10.5 Å². The second kappa shape index (κ2) is 9.81. The molecule has 1 fully saturated rings. The summed E-state index contributed by atoms with van der Waals surface area (Å²) in [6, 6.07) is 29.1. The highest BCUT2D eigenvalue weighted by molar-refractivity contribution is 6.25. The van der Waals surface area contributed by atoms with Gasteiger partial charge in [-0.15, -0.1) is 0 Å². The van der Waals surface area contributed by atoms with Crippen LogP contribution >= 0.6 is 0 Å². The summed E-state index contributed by atoms with van der Waals surface area (Å²) in [7, 11) is 0. The number of nitro groups is 1. The van der Waals surface area contributed by atoms with Crippen LogP contribution < -0.4 is 10.3 Å². The van der Waals surface area contributed by atoms with Crippen molar-refractivity contribution in [2.24, 2.45) is 16.9 Å². The van der Waals surface area contributed by atoms with Gasteiger partial charge in [-0.2, -0.15) is 5.10 Å². The molecule has 0 aromatic heterocycles. The van der Waals surface area contributed by atoms with Gasteiger partial charge in [0.25, 0.3) is 11.6 Å². The third kappa shape index (κ3) is 3.70. The summed E-state index contributed by atoms with van der Waals surface area (Å²) >= 11 is 0. The van der Waals surface area contributed by atoms with Crippen molar-refractivity contribution >= 4 is 35.3 Å². The van der Waals surface area contributed by atoms with Gasteiger partial charge in [-0.3, -0.25) is 24.5 Å². The smallest absolute Gasteiger partial charge is 0.293 e. The number of imide groups is 1. The number of carbonyl (C=O) groups is 3. The van der Waals surface area contributed by atoms with Crippen LogP contribution in [0.15, 0.2) is 108 Å². The molecule has 4 aliphatic rings. The summed E-state index contributed by atoms with van der Waals surface area (Å²) in [5.74, 6) is -4.20. The Bertz CT molecular complexity index is 1810. The minimum absolute atomic E-state index is 0.0872. The van der Waals surface area contributed by atoms with Gasteiger partial charge in [0.15, 0.2) is 6.10 Å². The first-order chi connectivity index (χ1) is 20.9. The fourth-order valence-electron chi connectivity index (χ4n) is 7.14. The van der Waals surface area contributed by atoms with Crippen LogP contribution in [0, 0.1) is 22.0 Å². The Morgan fingerprint density at radius 2 is 1.47 bits per heavy atom. The molecule has 1 saturated heterocycles. The number of nitrogens with zero attached hydrogens (tertiary/aromatic N) is 3. The number of hydrogen-bond donors (Lipinski definition) is 2. The van der Waals surface area contributed by atoms with Crippen LogP contribution in [0.4, 0.5) is 11.4 Å². The summed E-state index contributed by atoms with van der Waals surface area (Å²) in [5.41, 5.74) is 4.28. The van der Waals surface area contributed by atoms with Crippen LogP contribution in [0.25, 0.3) is 0 Å². The van der Waals surface area contributed by atoms with Gasteiger partial charge in [0.05, 0.1) is 22.2 Å². The van der Waals surface area contributed by atoms with Gasteiger partial charge in [0.1, 0.15) is 5.69 Å². The highest BCUT2D eigenvalue weighted by atomic mass is 16.6. The highest BCUT2D eigenvalue weighted by Gasteiger charge is 2.68. The molecule has 10 nitrogen and oxygen atoms in total. The number of anilines is 1. The Morgan fingerprint density at radius 1 is 0.884 bits per heavy atom. The molecule has 3 aliphatic carbocycles. The number of nitrogens with one attached hydrogen (secondary N) is 1. The summed E-state index contributed by atoms with van der Waals surface area (Å²) < 4.78 is 0. The molecule has 2 bridgehead atoms. The molecule has 3 atom stereocenters. The van der Waals surface area contributed by atoms with Crippen molar-refractivity contribution in [1.29, 1.82) is 0 Å². The number of aliphatic hydroxyl groups excluding tert-OH is 1. The zero-order chi connectivity index (χ0) is 29.9. The molecule has 212 valence electrons. The summed E-state index contributed by atoms with van der Waals surface area (Å²) in [4.78, 5) is 53.8. The lowest BCUT2D eigenvalue weighted by molar-refractivity contribution is -0.384. The van der Waals surface area contributed by atoms with Gasteiger partial charge in [-0.1, -0.05) is 91.0 Å². The summed E-state index contributed by atoms with van der Waals surface area (Å²) in [5, 5.41) is 26.8. The van der Waals surface area contributed by atoms with Gasteiger partial charge in [-0.05, 0) is 33.9 Å². The van der Waals surface area contributed by atoms with E-state index in [0.717, 1.165) is 27.2 Å². The molecule has 3 amide bonds. The van der Waals surface area contributed by atoms with Gasteiger partial charge in [0.2, 0.25) is 11.8 Å². The molecule has 8 rings (SSSR count). The largest absolute Gasteiger partial charge is 0.378 e. The normalized spacial score (nSPS) is 23.9. The molecule has 4 aromatic rings. The second-order valence-electron chi connectivity index (χ2n) is 10.8. The summed E-state index contributed by atoms with van der Waals surface area (Å²) in [6.45, 7) is 0. The lowest BCUT2D eigenvalue weighted by atomic mass is 9.47. The third-order valence-electron chi connectivity index (χ3n) is 8.81. The first kappa shape index (κ1) is 26.4. The van der Waals surface area contributed by atoms with Crippen LogP contribution in [0.2, 0.25) is 0 Å². The SMILES string of the molecule is O=C(N/N=C\C12c3ccccc3C(c3ccccc31)[C@@H]1C(=O)N(c3ccccc3[N+](=O)[O-])C(=O)[C@H]12)[C@H](O)c1ccccc1. The van der Waals surface area contributed by atoms with E-state index >= 15 is 0 Å². The Hall–Kier alpha value is -5.48. The molecule has 0 radical (unpaired) electrons. The number of benzene rings is 4. The van der Waals surface area contributed by atoms with Crippen molar-refractivity contribution in [2.45, 2.75) is 17.4 Å². The predicted molar refractivity (Wildman–Crippen MR) is 156 cm³/mol. The number of para-hydroxylation sites is 2. The molecular formula is C33H24N4O6. The van der Waals surface area contributed by atoms with E-state index in [4.69, 9.17) is 0 Å². The molecular weight excluding hydrogens is 548 g/mol. The minimum Gasteiger partial charge on any atom is -0.378 e. The van der Waals surface area contributed by atoms with Crippen molar-refractivity contribution in [1.82, 2.24) is 5.43 Å². The van der Waals surface area contributed by atoms with Crippen LogP contribution in [-0.4, -0.2) is 34.0 Å². The Kier molecular flexibility index (Phi) is 6.03. The fourth-order valence-corrected chi connectivity index (χ4v) is 7.14. The van der Waals surface area contributed by atoms with Crippen molar-refractivity contribution in [3.63, 3.8) is 0 Å². The molecule has 4 aromatic carbocycles. The number of hydrogen-bond acceptors (Lipinski definition) is 7. The molecule has 43 heavy (non-hydrogen) atoms. The van der Waals surface area contributed by atoms with E-state index in [1.807, 2.05) is 48.5 Å². The molecule has 0 unspecified atom stereocenters. The quantitative estimate of drug-likeness (QED) is 0.155. The lowest BCUT2D eigenvalue weighted by Gasteiger charge is -2.52. The number of nitro benzene ring substituents is 1. The number of aliphatic hydroxyl groups is 1. The molecule has 2 N–H and O–H groups in total. The van der Waals surface area contributed by atoms with Crippen LogP contribution in [0.5, 0.6) is 0 Å². The third-order valence-corrected chi connectivity index (χ3v) is 8.81. The number of hydrazone groups is 1. The Labute approximate surface area is 245 Å². The average Bonchev–Trinajstić information content (AvgIpc) is 3.31. The Balaban J connectivity index is 1.38. The van der Waals surface area contributed by atoms with Crippen molar-refractivity contribution < 1.29 is 24.4 Å². The first-order valence-corrected chi connectivity index (χ1v) is 13.7. The van der Waals surface area contributed by atoms with E-state index in [9.17, 15) is 29.6 Å². The van der Waals surface area contributed by atoms with E-state index in [-0.39, 0.29) is 11.4 Å². The zero-order valence-electron chi connectivity index (χ0n) is 22.5. The van der Waals surface area contributed by atoms with Crippen LogP contribution in [0.3, 0.4) is 0 Å². The maximum absolute atomic E-state index is 14.4. The van der Waals surface area contributed by atoms with Crippen LogP contribution in [0.1, 0.15) is 39.8 Å². The van der Waals surface area contributed by atoms with E-state index in [1.165, 1.54) is 24.4 Å². The summed E-state index contributed by atoms with van der Waals surface area (Å²) in [6.07, 6.45) is -0.00408. The molecule has 0 saturated carbocycles. The Morgan fingerprint density at radius 3 is 2.12 bits per heavy atom. The van der Waals surface area contributed by atoms with Gasteiger partial charge >= 0.3 is 0 Å². The maximum atomic E-state index is 14.4. The second-order valence-corrected chi connectivity index (χ2v) is 10.8. The maximum Gasteiger partial charge on any atom is 0.293 e. The van der Waals surface area contributed by atoms with E-state index < -0.39 is 51.9 Å². The molecule has 10 heteroatoms. The van der Waals surface area contributed by atoms with Crippen molar-refractivity contribution in [2.75, 3.05) is 4.90 Å². The topological polar surface area (TPSA) is 142 Å². The highest BCUT2D eigenvalue weighted by Crippen LogP contribution is 2.63. The van der Waals surface area contributed by atoms with Gasteiger partial charge < -0.3 is 5.11 Å². The number of amides is 3. The molecule has 0 spiro atoms. The van der Waals surface area contributed by atoms with E-state index in [0.29, 0.717) is 5.56 Å². The van der Waals surface area contributed by atoms with Gasteiger partial charge in [-0.25, -0.2) is 10.3 Å².